The Balaban J connectivity index is 1.56. The van der Waals surface area contributed by atoms with Gasteiger partial charge in [0.1, 0.15) is 12.4 Å². The zero-order valence-electron chi connectivity index (χ0n) is 18.4. The van der Waals surface area contributed by atoms with Crippen LogP contribution >= 0.6 is 11.8 Å². The fourth-order valence-electron chi connectivity index (χ4n) is 3.41. The number of aryl methyl sites for hydroxylation is 1. The van der Waals surface area contributed by atoms with Crippen LogP contribution in [0.25, 0.3) is 0 Å². The molecule has 0 amide bonds. The van der Waals surface area contributed by atoms with E-state index in [1.807, 2.05) is 37.2 Å². The summed E-state index contributed by atoms with van der Waals surface area (Å²) in [7, 11) is 1.99. The normalized spacial score (nSPS) is 17.0. The highest BCUT2D eigenvalue weighted by Crippen LogP contribution is 2.26. The van der Waals surface area contributed by atoms with Crippen molar-refractivity contribution < 1.29 is 4.74 Å². The Kier molecular flexibility index (Phi) is 9.01. The molecule has 1 aliphatic heterocycles. The van der Waals surface area contributed by atoms with Crippen LogP contribution in [0, 0.1) is 12.8 Å². The van der Waals surface area contributed by atoms with Gasteiger partial charge in [-0.15, -0.1) is 22.0 Å². The molecule has 3 rings (SSSR count). The van der Waals surface area contributed by atoms with E-state index in [1.54, 1.807) is 0 Å². The maximum Gasteiger partial charge on any atom is 0.194 e. The van der Waals surface area contributed by atoms with Gasteiger partial charge in [0.15, 0.2) is 11.8 Å². The highest BCUT2D eigenvalue weighted by atomic mass is 32.2. The zero-order valence-corrected chi connectivity index (χ0v) is 19.2. The molecule has 1 aliphatic rings. The second-order valence-electron chi connectivity index (χ2n) is 7.56. The molecule has 8 heteroatoms. The van der Waals surface area contributed by atoms with Gasteiger partial charge in [0.05, 0.1) is 0 Å². The Hall–Kier alpha value is -2.06. The first-order chi connectivity index (χ1) is 14.7. The van der Waals surface area contributed by atoms with E-state index < -0.39 is 0 Å². The van der Waals surface area contributed by atoms with Gasteiger partial charge in [-0.05, 0) is 44.7 Å². The van der Waals surface area contributed by atoms with Gasteiger partial charge in [-0.3, -0.25) is 0 Å². The van der Waals surface area contributed by atoms with Crippen LogP contribution in [0.2, 0.25) is 0 Å². The molecule has 1 atom stereocenters. The van der Waals surface area contributed by atoms with E-state index in [-0.39, 0.29) is 0 Å². The fourth-order valence-corrected chi connectivity index (χ4v) is 4.46. The van der Waals surface area contributed by atoms with E-state index in [4.69, 9.17) is 9.73 Å². The molecule has 0 bridgehead atoms. The second kappa shape index (κ2) is 12.0. The molecule has 1 unspecified atom stereocenters. The number of aliphatic imine (C=N–C) groups is 1. The zero-order chi connectivity index (χ0) is 21.2. The molecule has 30 heavy (non-hydrogen) atoms. The summed E-state index contributed by atoms with van der Waals surface area (Å²) in [6, 6.07) is 10.7. The minimum absolute atomic E-state index is 0.533. The fraction of sp³-hybridized carbons (Fsp3) is 0.591. The predicted octanol–water partition coefficient (Wildman–Crippen LogP) is 3.11. The Morgan fingerprint density at radius 2 is 2.13 bits per heavy atom. The van der Waals surface area contributed by atoms with Gasteiger partial charge in [0.25, 0.3) is 0 Å². The minimum Gasteiger partial charge on any atom is -0.382 e. The third kappa shape index (κ3) is 6.74. The summed E-state index contributed by atoms with van der Waals surface area (Å²) in [4.78, 5) is 8.61. The lowest BCUT2D eigenvalue weighted by atomic mass is 10.2. The van der Waals surface area contributed by atoms with E-state index in [0.29, 0.717) is 12.5 Å². The first kappa shape index (κ1) is 22.6. The quantitative estimate of drug-likeness (QED) is 0.270. The standard InChI is InChI=1S/C22H34N6OS/c1-4-29-14-8-12-23-22(24-15-21-26-25-18(2)27(21)3)28-13-11-19(16-28)17-30-20-9-6-5-7-10-20/h5-7,9-10,19H,4,8,11-17H2,1-3H3,(H,23,24). The number of nitrogens with one attached hydrogen (secondary N) is 1. The third-order valence-corrected chi connectivity index (χ3v) is 6.56. The lowest BCUT2D eigenvalue weighted by molar-refractivity contribution is 0.145. The molecule has 0 saturated carbocycles. The van der Waals surface area contributed by atoms with Crippen LogP contribution in [0.1, 0.15) is 31.4 Å². The van der Waals surface area contributed by atoms with Crippen molar-refractivity contribution in [3.63, 3.8) is 0 Å². The van der Waals surface area contributed by atoms with Crippen molar-refractivity contribution in [2.45, 2.75) is 38.1 Å². The monoisotopic (exact) mass is 430 g/mol. The molecule has 0 radical (unpaired) electrons. The van der Waals surface area contributed by atoms with Crippen molar-refractivity contribution in [3.05, 3.63) is 42.0 Å². The van der Waals surface area contributed by atoms with Crippen LogP contribution in [-0.2, 0) is 18.3 Å². The van der Waals surface area contributed by atoms with Crippen LogP contribution in [0.5, 0.6) is 0 Å². The first-order valence-corrected chi connectivity index (χ1v) is 11.8. The van der Waals surface area contributed by atoms with E-state index >= 15 is 0 Å². The molecule has 1 fully saturated rings. The molecule has 1 saturated heterocycles. The number of rotatable bonds is 10. The molecule has 2 heterocycles. The van der Waals surface area contributed by atoms with Crippen molar-refractivity contribution >= 4 is 17.7 Å². The van der Waals surface area contributed by atoms with Crippen molar-refractivity contribution in [2.24, 2.45) is 18.0 Å². The number of aromatic nitrogens is 3. The number of thioether (sulfide) groups is 1. The number of hydrogen-bond acceptors (Lipinski definition) is 5. The summed E-state index contributed by atoms with van der Waals surface area (Å²) in [6.07, 6.45) is 2.17. The second-order valence-corrected chi connectivity index (χ2v) is 8.66. The summed E-state index contributed by atoms with van der Waals surface area (Å²) in [5.41, 5.74) is 0. The van der Waals surface area contributed by atoms with Gasteiger partial charge in [0.2, 0.25) is 0 Å². The number of benzene rings is 1. The molecule has 2 aromatic rings. The van der Waals surface area contributed by atoms with E-state index in [0.717, 1.165) is 62.6 Å². The lowest BCUT2D eigenvalue weighted by Crippen LogP contribution is -2.41. The predicted molar refractivity (Wildman–Crippen MR) is 123 cm³/mol. The van der Waals surface area contributed by atoms with Crippen molar-refractivity contribution in [1.29, 1.82) is 0 Å². The molecule has 0 spiro atoms. The van der Waals surface area contributed by atoms with Gasteiger partial charge in [0, 0.05) is 50.5 Å². The largest absolute Gasteiger partial charge is 0.382 e. The average molecular weight is 431 g/mol. The van der Waals surface area contributed by atoms with Gasteiger partial charge in [-0.1, -0.05) is 18.2 Å². The lowest BCUT2D eigenvalue weighted by Gasteiger charge is -2.22. The van der Waals surface area contributed by atoms with Crippen molar-refractivity contribution in [3.8, 4) is 0 Å². The highest BCUT2D eigenvalue weighted by molar-refractivity contribution is 7.99. The molecule has 7 nitrogen and oxygen atoms in total. The number of hydrogen-bond donors (Lipinski definition) is 1. The summed E-state index contributed by atoms with van der Waals surface area (Å²) in [5.74, 6) is 4.57. The summed E-state index contributed by atoms with van der Waals surface area (Å²) in [6.45, 7) is 8.99. The van der Waals surface area contributed by atoms with Crippen molar-refractivity contribution in [2.75, 3.05) is 38.6 Å². The number of ether oxygens (including phenoxy) is 1. The first-order valence-electron chi connectivity index (χ1n) is 10.8. The van der Waals surface area contributed by atoms with Gasteiger partial charge < -0.3 is 19.5 Å². The van der Waals surface area contributed by atoms with Crippen LogP contribution in [-0.4, -0.2) is 64.2 Å². The van der Waals surface area contributed by atoms with Crippen LogP contribution in [0.4, 0.5) is 0 Å². The minimum atomic E-state index is 0.533. The Bertz CT molecular complexity index is 794. The van der Waals surface area contributed by atoms with Gasteiger partial charge in [-0.25, -0.2) is 4.99 Å². The number of nitrogens with zero attached hydrogens (tertiary/aromatic N) is 5. The maximum absolute atomic E-state index is 5.46. The number of likely N-dealkylation sites (tertiary alicyclic amines) is 1. The Labute approximate surface area is 184 Å². The average Bonchev–Trinajstić information content (AvgIpc) is 3.37. The SMILES string of the molecule is CCOCCCNC(=NCc1nnc(C)n1C)N1CCC(CSc2ccccc2)C1. The van der Waals surface area contributed by atoms with Crippen molar-refractivity contribution in [1.82, 2.24) is 25.0 Å². The molecule has 164 valence electrons. The van der Waals surface area contributed by atoms with Crippen LogP contribution in [0.3, 0.4) is 0 Å². The molecular formula is C22H34N6OS. The molecule has 0 aliphatic carbocycles. The topological polar surface area (TPSA) is 67.6 Å². The molecule has 1 aromatic heterocycles. The van der Waals surface area contributed by atoms with Gasteiger partial charge >= 0.3 is 0 Å². The van der Waals surface area contributed by atoms with Crippen LogP contribution < -0.4 is 5.32 Å². The summed E-state index contributed by atoms with van der Waals surface area (Å²) in [5, 5.41) is 11.9. The van der Waals surface area contributed by atoms with E-state index in [1.165, 1.54) is 11.3 Å². The summed E-state index contributed by atoms with van der Waals surface area (Å²) < 4.78 is 7.46. The third-order valence-electron chi connectivity index (χ3n) is 5.32. The maximum atomic E-state index is 5.46. The number of guanidine groups is 1. The molecule has 1 N–H and O–H groups in total. The molecule has 1 aromatic carbocycles. The molecular weight excluding hydrogens is 396 g/mol. The Morgan fingerprint density at radius 1 is 1.30 bits per heavy atom. The van der Waals surface area contributed by atoms with Gasteiger partial charge in [-0.2, -0.15) is 0 Å². The summed E-state index contributed by atoms with van der Waals surface area (Å²) >= 11 is 1.95. The highest BCUT2D eigenvalue weighted by Gasteiger charge is 2.25. The Morgan fingerprint density at radius 3 is 2.87 bits per heavy atom. The van der Waals surface area contributed by atoms with E-state index in [9.17, 15) is 0 Å². The van der Waals surface area contributed by atoms with E-state index in [2.05, 4.69) is 50.7 Å². The van der Waals surface area contributed by atoms with Crippen LogP contribution in [0.15, 0.2) is 40.2 Å². The smallest absolute Gasteiger partial charge is 0.194 e.